The molecule has 0 aromatic rings. The van der Waals surface area contributed by atoms with Gasteiger partial charge in [-0.25, -0.2) is 0 Å². The molecule has 2 saturated carbocycles. The minimum atomic E-state index is 0.560. The van der Waals surface area contributed by atoms with Crippen molar-refractivity contribution in [2.24, 2.45) is 35.0 Å². The van der Waals surface area contributed by atoms with Crippen LogP contribution >= 0.6 is 0 Å². The first-order chi connectivity index (χ1) is 9.43. The normalized spacial score (nSPS) is 44.9. The predicted octanol–water partition coefficient (Wildman–Crippen LogP) is 6.00. The lowest BCUT2D eigenvalue weighted by atomic mass is 9.62. The Morgan fingerprint density at radius 3 is 2.65 bits per heavy atom. The summed E-state index contributed by atoms with van der Waals surface area (Å²) in [4.78, 5) is 0. The van der Waals surface area contributed by atoms with E-state index in [0.717, 1.165) is 29.6 Å². The van der Waals surface area contributed by atoms with Gasteiger partial charge in [0, 0.05) is 0 Å². The van der Waals surface area contributed by atoms with Crippen molar-refractivity contribution in [3.8, 4) is 0 Å². The third kappa shape index (κ3) is 2.11. The molecule has 0 heteroatoms. The summed E-state index contributed by atoms with van der Waals surface area (Å²) in [5.74, 6) is 4.26. The Bertz CT molecular complexity index is 427. The molecule has 3 aliphatic carbocycles. The molecule has 0 aliphatic heterocycles. The second kappa shape index (κ2) is 5.04. The van der Waals surface area contributed by atoms with Crippen LogP contribution in [0.15, 0.2) is 23.8 Å². The summed E-state index contributed by atoms with van der Waals surface area (Å²) in [5.41, 5.74) is 3.76. The number of hydrogen-bond donors (Lipinski definition) is 0. The Morgan fingerprint density at radius 1 is 1.20 bits per heavy atom. The third-order valence-corrected chi connectivity index (χ3v) is 7.05. The van der Waals surface area contributed by atoms with Gasteiger partial charge in [0.2, 0.25) is 0 Å². The maximum Gasteiger partial charge on any atom is -0.0132 e. The molecule has 0 N–H and O–H groups in total. The van der Waals surface area contributed by atoms with Gasteiger partial charge in [-0.05, 0) is 80.5 Å². The molecule has 5 atom stereocenters. The zero-order valence-corrected chi connectivity index (χ0v) is 13.9. The topological polar surface area (TPSA) is 0 Å². The van der Waals surface area contributed by atoms with Crippen molar-refractivity contribution < 1.29 is 0 Å². The van der Waals surface area contributed by atoms with Crippen LogP contribution in [0.3, 0.4) is 0 Å². The van der Waals surface area contributed by atoms with Gasteiger partial charge in [-0.2, -0.15) is 0 Å². The average Bonchev–Trinajstić information content (AvgIpc) is 2.69. The van der Waals surface area contributed by atoms with Crippen molar-refractivity contribution in [1.29, 1.82) is 0 Å². The highest BCUT2D eigenvalue weighted by atomic mass is 14.6. The van der Waals surface area contributed by atoms with E-state index in [4.69, 9.17) is 0 Å². The van der Waals surface area contributed by atoms with E-state index in [-0.39, 0.29) is 0 Å². The summed E-state index contributed by atoms with van der Waals surface area (Å²) < 4.78 is 0. The van der Waals surface area contributed by atoms with Gasteiger partial charge in [0.1, 0.15) is 0 Å². The zero-order chi connectivity index (χ0) is 14.5. The van der Waals surface area contributed by atoms with Crippen LogP contribution in [0.4, 0.5) is 0 Å². The van der Waals surface area contributed by atoms with Gasteiger partial charge < -0.3 is 0 Å². The molecule has 0 amide bonds. The number of rotatable bonds is 1. The summed E-state index contributed by atoms with van der Waals surface area (Å²) in [6.45, 7) is 14.3. The molecule has 0 heterocycles. The van der Waals surface area contributed by atoms with Gasteiger partial charge in [-0.15, -0.1) is 0 Å². The van der Waals surface area contributed by atoms with Crippen molar-refractivity contribution >= 4 is 0 Å². The molecule has 20 heavy (non-hydrogen) atoms. The lowest BCUT2D eigenvalue weighted by molar-refractivity contribution is 0.0837. The van der Waals surface area contributed by atoms with Gasteiger partial charge in [-0.3, -0.25) is 0 Å². The second-order valence-corrected chi connectivity index (χ2v) is 8.43. The van der Waals surface area contributed by atoms with E-state index in [1.807, 2.05) is 0 Å². The molecule has 0 aromatic carbocycles. The van der Waals surface area contributed by atoms with Crippen LogP contribution in [-0.2, 0) is 0 Å². The van der Waals surface area contributed by atoms with Gasteiger partial charge in [0.05, 0.1) is 0 Å². The van der Waals surface area contributed by atoms with Crippen molar-refractivity contribution in [1.82, 2.24) is 0 Å². The van der Waals surface area contributed by atoms with Gasteiger partial charge in [-0.1, -0.05) is 44.6 Å². The molecule has 0 unspecified atom stereocenters. The first kappa shape index (κ1) is 14.4. The van der Waals surface area contributed by atoms with Crippen molar-refractivity contribution in [3.05, 3.63) is 23.8 Å². The Hall–Kier alpha value is -0.520. The summed E-state index contributed by atoms with van der Waals surface area (Å²) in [7, 11) is 0. The van der Waals surface area contributed by atoms with Crippen LogP contribution in [-0.4, -0.2) is 0 Å². The molecular formula is C20H32. The molecule has 112 valence electrons. The number of allylic oxidation sites excluding steroid dienone is 3. The van der Waals surface area contributed by atoms with E-state index in [9.17, 15) is 0 Å². The fourth-order valence-electron chi connectivity index (χ4n) is 5.98. The first-order valence-electron chi connectivity index (χ1n) is 8.78. The van der Waals surface area contributed by atoms with Crippen LogP contribution < -0.4 is 0 Å². The van der Waals surface area contributed by atoms with Gasteiger partial charge in [0.25, 0.3) is 0 Å². The van der Waals surface area contributed by atoms with Crippen LogP contribution in [0.2, 0.25) is 0 Å². The highest BCUT2D eigenvalue weighted by Gasteiger charge is 2.52. The number of fused-ring (bicyclic) bond motifs is 3. The summed E-state index contributed by atoms with van der Waals surface area (Å²) in [6.07, 6.45) is 10.9. The molecule has 0 radical (unpaired) electrons. The van der Waals surface area contributed by atoms with Crippen LogP contribution in [0.5, 0.6) is 0 Å². The lowest BCUT2D eigenvalue weighted by Crippen LogP contribution is -2.36. The van der Waals surface area contributed by atoms with Crippen LogP contribution in [0.25, 0.3) is 0 Å². The average molecular weight is 272 g/mol. The highest BCUT2D eigenvalue weighted by Crippen LogP contribution is 2.61. The van der Waals surface area contributed by atoms with Gasteiger partial charge in [0.15, 0.2) is 0 Å². The third-order valence-electron chi connectivity index (χ3n) is 7.05. The molecule has 0 nitrogen and oxygen atoms in total. The fourth-order valence-corrected chi connectivity index (χ4v) is 5.98. The van der Waals surface area contributed by atoms with E-state index in [0.29, 0.717) is 5.41 Å². The first-order valence-corrected chi connectivity index (χ1v) is 8.78. The summed E-state index contributed by atoms with van der Waals surface area (Å²) in [6, 6.07) is 0. The predicted molar refractivity (Wildman–Crippen MR) is 87.5 cm³/mol. The van der Waals surface area contributed by atoms with E-state index in [1.54, 1.807) is 11.1 Å². The molecular weight excluding hydrogens is 240 g/mol. The largest absolute Gasteiger partial charge is 0.0996 e. The minimum Gasteiger partial charge on any atom is -0.0996 e. The molecule has 2 fully saturated rings. The summed E-state index contributed by atoms with van der Waals surface area (Å²) in [5, 5.41) is 0. The zero-order valence-electron chi connectivity index (χ0n) is 13.9. The molecule has 0 spiro atoms. The van der Waals surface area contributed by atoms with E-state index in [2.05, 4.69) is 40.3 Å². The fraction of sp³-hybridized carbons (Fsp3) is 0.800. The maximum atomic E-state index is 4.48. The highest BCUT2D eigenvalue weighted by molar-refractivity contribution is 5.21. The smallest absolute Gasteiger partial charge is 0.0132 e. The SMILES string of the molecule is C=C1CC[C@@]2(C)[C@@H](C(C)C)CC[C@@H]2[C@H]2C=C(C)CC[C@H]12. The van der Waals surface area contributed by atoms with Crippen molar-refractivity contribution in [3.63, 3.8) is 0 Å². The molecule has 3 rings (SSSR count). The Kier molecular flexibility index (Phi) is 3.63. The Morgan fingerprint density at radius 2 is 1.95 bits per heavy atom. The standard InChI is InChI=1S/C20H32/c1-13(2)18-8-9-19-17-12-14(3)6-7-16(17)15(4)10-11-20(18,19)5/h12-13,16-19H,4,6-11H2,1-3,5H3/t16-,17+,18-,19-,20+/m1/s1. The van der Waals surface area contributed by atoms with E-state index in [1.165, 1.54) is 38.5 Å². The molecule has 3 aliphatic rings. The quantitative estimate of drug-likeness (QED) is 0.514. The lowest BCUT2D eigenvalue weighted by Gasteiger charge is -2.42. The van der Waals surface area contributed by atoms with E-state index >= 15 is 0 Å². The van der Waals surface area contributed by atoms with Crippen LogP contribution in [0.1, 0.15) is 66.2 Å². The van der Waals surface area contributed by atoms with Crippen molar-refractivity contribution in [2.75, 3.05) is 0 Å². The molecule has 0 bridgehead atoms. The van der Waals surface area contributed by atoms with Crippen molar-refractivity contribution in [2.45, 2.75) is 66.2 Å². The Balaban J connectivity index is 1.99. The molecule has 0 saturated heterocycles. The number of hydrogen-bond acceptors (Lipinski definition) is 0. The van der Waals surface area contributed by atoms with Crippen LogP contribution in [0, 0.1) is 35.0 Å². The second-order valence-electron chi connectivity index (χ2n) is 8.43. The summed E-state index contributed by atoms with van der Waals surface area (Å²) >= 11 is 0. The molecule has 0 aromatic heterocycles. The maximum absolute atomic E-state index is 4.48. The monoisotopic (exact) mass is 272 g/mol. The van der Waals surface area contributed by atoms with Gasteiger partial charge >= 0.3 is 0 Å². The minimum absolute atomic E-state index is 0.560. The Labute approximate surface area is 125 Å². The van der Waals surface area contributed by atoms with E-state index < -0.39 is 0 Å².